The van der Waals surface area contributed by atoms with Gasteiger partial charge in [0.2, 0.25) is 5.91 Å². The number of anilines is 1. The number of rotatable bonds is 3. The van der Waals surface area contributed by atoms with Crippen molar-refractivity contribution < 1.29 is 4.79 Å². The summed E-state index contributed by atoms with van der Waals surface area (Å²) in [6.07, 6.45) is 1.43. The summed E-state index contributed by atoms with van der Waals surface area (Å²) in [5, 5.41) is -0.174. The normalized spacial score (nSPS) is 15.2. The lowest BCUT2D eigenvalue weighted by Gasteiger charge is -2.16. The van der Waals surface area contributed by atoms with Crippen molar-refractivity contribution in [3.8, 4) is 0 Å². The molecular formula is C18H18ClNO. The summed E-state index contributed by atoms with van der Waals surface area (Å²) in [5.41, 5.74) is 5.54. The fourth-order valence-electron chi connectivity index (χ4n) is 2.93. The van der Waals surface area contributed by atoms with Gasteiger partial charge in [0.05, 0.1) is 11.8 Å². The average Bonchev–Trinajstić information content (AvgIpc) is 2.80. The van der Waals surface area contributed by atoms with Crippen LogP contribution in [0.4, 0.5) is 5.69 Å². The van der Waals surface area contributed by atoms with Crippen LogP contribution in [0.3, 0.4) is 0 Å². The van der Waals surface area contributed by atoms with Gasteiger partial charge in [-0.15, -0.1) is 11.6 Å². The highest BCUT2D eigenvalue weighted by Crippen LogP contribution is 2.36. The molecule has 1 amide bonds. The number of amides is 1. The molecule has 1 unspecified atom stereocenters. The first-order valence-electron chi connectivity index (χ1n) is 7.23. The van der Waals surface area contributed by atoms with Gasteiger partial charge in [-0.25, -0.2) is 0 Å². The monoisotopic (exact) mass is 299 g/mol. The van der Waals surface area contributed by atoms with Crippen LogP contribution in [0.25, 0.3) is 0 Å². The van der Waals surface area contributed by atoms with E-state index in [4.69, 9.17) is 11.6 Å². The predicted molar refractivity (Wildman–Crippen MR) is 87.1 cm³/mol. The van der Waals surface area contributed by atoms with Crippen LogP contribution in [0, 0.1) is 0 Å². The Balaban J connectivity index is 1.98. The smallest absolute Gasteiger partial charge is 0.231 e. The molecule has 2 nitrogen and oxygen atoms in total. The van der Waals surface area contributed by atoms with Crippen molar-refractivity contribution >= 4 is 23.2 Å². The number of benzene rings is 2. The average molecular weight is 300 g/mol. The van der Waals surface area contributed by atoms with Gasteiger partial charge in [0, 0.05) is 12.7 Å². The molecule has 21 heavy (non-hydrogen) atoms. The number of hydrogen-bond donors (Lipinski definition) is 0. The predicted octanol–water partition coefficient (Wildman–Crippen LogP) is 4.10. The fourth-order valence-corrected chi connectivity index (χ4v) is 3.28. The zero-order valence-corrected chi connectivity index (χ0v) is 13.0. The Morgan fingerprint density at radius 1 is 1.24 bits per heavy atom. The molecule has 0 spiro atoms. The number of fused-ring (bicyclic) bond motifs is 1. The van der Waals surface area contributed by atoms with E-state index in [0.717, 1.165) is 28.8 Å². The van der Waals surface area contributed by atoms with Gasteiger partial charge in [-0.1, -0.05) is 43.3 Å². The van der Waals surface area contributed by atoms with Gasteiger partial charge < -0.3 is 4.90 Å². The number of alkyl halides is 1. The van der Waals surface area contributed by atoms with E-state index in [1.807, 2.05) is 31.3 Å². The van der Waals surface area contributed by atoms with E-state index in [9.17, 15) is 4.79 Å². The zero-order chi connectivity index (χ0) is 15.0. The first-order chi connectivity index (χ1) is 10.1. The maximum absolute atomic E-state index is 11.8. The van der Waals surface area contributed by atoms with Crippen molar-refractivity contribution in [3.05, 3.63) is 64.7 Å². The minimum absolute atomic E-state index is 0.141. The quantitative estimate of drug-likeness (QED) is 0.782. The third-order valence-electron chi connectivity index (χ3n) is 4.18. The van der Waals surface area contributed by atoms with Crippen molar-refractivity contribution in [2.45, 2.75) is 25.1 Å². The summed E-state index contributed by atoms with van der Waals surface area (Å²) < 4.78 is 0. The van der Waals surface area contributed by atoms with Crippen LogP contribution in [-0.2, 0) is 17.6 Å². The number of aryl methyl sites for hydroxylation is 1. The minimum atomic E-state index is -0.174. The number of carbonyl (C=O) groups excluding carboxylic acids is 1. The molecule has 1 atom stereocenters. The number of likely N-dealkylation sites (N-methyl/N-ethyl adjacent to an activating group) is 1. The zero-order valence-electron chi connectivity index (χ0n) is 12.3. The molecule has 2 aromatic rings. The van der Waals surface area contributed by atoms with Crippen molar-refractivity contribution in [2.75, 3.05) is 11.9 Å². The van der Waals surface area contributed by atoms with E-state index in [1.165, 1.54) is 5.56 Å². The lowest BCUT2D eigenvalue weighted by molar-refractivity contribution is -0.117. The maximum atomic E-state index is 11.8. The number of carbonyl (C=O) groups is 1. The molecule has 1 aliphatic heterocycles. The molecule has 2 aromatic carbocycles. The number of nitrogens with zero attached hydrogens (tertiary/aromatic N) is 1. The highest BCUT2D eigenvalue weighted by atomic mass is 35.5. The molecule has 0 N–H and O–H groups in total. The topological polar surface area (TPSA) is 20.3 Å². The van der Waals surface area contributed by atoms with Crippen LogP contribution >= 0.6 is 11.6 Å². The van der Waals surface area contributed by atoms with Crippen molar-refractivity contribution in [1.29, 1.82) is 0 Å². The summed E-state index contributed by atoms with van der Waals surface area (Å²) in [4.78, 5) is 13.5. The fraction of sp³-hybridized carbons (Fsp3) is 0.278. The van der Waals surface area contributed by atoms with E-state index < -0.39 is 0 Å². The molecule has 1 aliphatic rings. The molecule has 0 radical (unpaired) electrons. The van der Waals surface area contributed by atoms with Crippen LogP contribution in [0.2, 0.25) is 0 Å². The Kier molecular flexibility index (Phi) is 3.73. The Morgan fingerprint density at radius 3 is 2.76 bits per heavy atom. The summed E-state index contributed by atoms with van der Waals surface area (Å²) >= 11 is 6.69. The van der Waals surface area contributed by atoms with E-state index in [-0.39, 0.29) is 11.3 Å². The summed E-state index contributed by atoms with van der Waals surface area (Å²) in [7, 11) is 1.82. The molecule has 3 heteroatoms. The molecule has 1 heterocycles. The van der Waals surface area contributed by atoms with E-state index in [2.05, 4.69) is 25.1 Å². The van der Waals surface area contributed by atoms with Gasteiger partial charge in [0.15, 0.2) is 0 Å². The molecular weight excluding hydrogens is 282 g/mol. The SMILES string of the molecule is CCc1ccccc1C(Cl)c1ccc2c(c1)CC(=O)N2C. The molecule has 0 bridgehead atoms. The van der Waals surface area contributed by atoms with Crippen LogP contribution in [-0.4, -0.2) is 13.0 Å². The van der Waals surface area contributed by atoms with Gasteiger partial charge in [-0.05, 0) is 34.7 Å². The van der Waals surface area contributed by atoms with Crippen LogP contribution < -0.4 is 4.90 Å². The highest BCUT2D eigenvalue weighted by molar-refractivity contribution is 6.22. The molecule has 0 saturated carbocycles. The van der Waals surface area contributed by atoms with E-state index in [1.54, 1.807) is 4.90 Å². The van der Waals surface area contributed by atoms with Crippen molar-refractivity contribution in [2.24, 2.45) is 0 Å². The summed E-state index contributed by atoms with van der Waals surface area (Å²) in [6.45, 7) is 2.14. The number of halogens is 1. The standard InChI is InChI=1S/C18H18ClNO/c1-3-12-6-4-5-7-15(12)18(19)13-8-9-16-14(10-13)11-17(21)20(16)2/h4-10,18H,3,11H2,1-2H3. The Labute approximate surface area is 130 Å². The van der Waals surface area contributed by atoms with E-state index >= 15 is 0 Å². The van der Waals surface area contributed by atoms with Crippen molar-refractivity contribution in [1.82, 2.24) is 0 Å². The largest absolute Gasteiger partial charge is 0.315 e. The lowest BCUT2D eigenvalue weighted by Crippen LogP contribution is -2.20. The third-order valence-corrected chi connectivity index (χ3v) is 4.67. The number of hydrogen-bond acceptors (Lipinski definition) is 1. The van der Waals surface area contributed by atoms with Gasteiger partial charge in [0.1, 0.15) is 0 Å². The first kappa shape index (κ1) is 14.2. The molecule has 0 aliphatic carbocycles. The van der Waals surface area contributed by atoms with Gasteiger partial charge in [-0.2, -0.15) is 0 Å². The molecule has 3 rings (SSSR count). The molecule has 0 fully saturated rings. The Bertz CT molecular complexity index is 695. The van der Waals surface area contributed by atoms with Crippen LogP contribution in [0.1, 0.15) is 34.6 Å². The van der Waals surface area contributed by atoms with Gasteiger partial charge >= 0.3 is 0 Å². The highest BCUT2D eigenvalue weighted by Gasteiger charge is 2.25. The lowest BCUT2D eigenvalue weighted by atomic mass is 9.96. The molecule has 108 valence electrons. The van der Waals surface area contributed by atoms with E-state index in [0.29, 0.717) is 6.42 Å². The van der Waals surface area contributed by atoms with Gasteiger partial charge in [-0.3, -0.25) is 4.79 Å². The Morgan fingerprint density at radius 2 is 2.00 bits per heavy atom. The summed E-state index contributed by atoms with van der Waals surface area (Å²) in [5.74, 6) is 0.141. The van der Waals surface area contributed by atoms with Crippen LogP contribution in [0.5, 0.6) is 0 Å². The minimum Gasteiger partial charge on any atom is -0.315 e. The van der Waals surface area contributed by atoms with Crippen LogP contribution in [0.15, 0.2) is 42.5 Å². The summed E-state index contributed by atoms with van der Waals surface area (Å²) in [6, 6.07) is 14.4. The first-order valence-corrected chi connectivity index (χ1v) is 7.66. The van der Waals surface area contributed by atoms with Crippen molar-refractivity contribution in [3.63, 3.8) is 0 Å². The second-order valence-electron chi connectivity index (χ2n) is 5.43. The molecule has 0 aromatic heterocycles. The molecule has 0 saturated heterocycles. The second-order valence-corrected chi connectivity index (χ2v) is 5.87. The second kappa shape index (κ2) is 5.53. The van der Waals surface area contributed by atoms with Gasteiger partial charge in [0.25, 0.3) is 0 Å². The third kappa shape index (κ3) is 2.44. The Hall–Kier alpha value is -1.80. The maximum Gasteiger partial charge on any atom is 0.231 e.